The van der Waals surface area contributed by atoms with Crippen LogP contribution in [0.25, 0.3) is 11.4 Å². The van der Waals surface area contributed by atoms with Crippen LogP contribution < -0.4 is 10.6 Å². The molecule has 0 bridgehead atoms. The Balaban J connectivity index is 1.29. The Morgan fingerprint density at radius 2 is 1.69 bits per heavy atom. The summed E-state index contributed by atoms with van der Waals surface area (Å²) in [5.41, 5.74) is 2.63. The van der Waals surface area contributed by atoms with Gasteiger partial charge in [-0.25, -0.2) is 4.98 Å². The van der Waals surface area contributed by atoms with Crippen LogP contribution in [0.3, 0.4) is 0 Å². The number of aromatic nitrogens is 3. The highest BCUT2D eigenvalue weighted by molar-refractivity contribution is 6.05. The maximum absolute atomic E-state index is 12.7. The van der Waals surface area contributed by atoms with Gasteiger partial charge in [-0.3, -0.25) is 14.7 Å². The number of rotatable bonds is 6. The first kappa shape index (κ1) is 17.6. The molecule has 3 aromatic rings. The molecule has 2 amide bonds. The van der Waals surface area contributed by atoms with Gasteiger partial charge in [0.2, 0.25) is 5.91 Å². The lowest BCUT2D eigenvalue weighted by Crippen LogP contribution is -2.15. The van der Waals surface area contributed by atoms with Crippen molar-refractivity contribution in [3.8, 4) is 11.4 Å². The van der Waals surface area contributed by atoms with Crippen molar-refractivity contribution in [3.05, 3.63) is 59.9 Å². The van der Waals surface area contributed by atoms with E-state index in [1.54, 1.807) is 24.3 Å². The first-order chi connectivity index (χ1) is 14.2. The molecule has 0 aliphatic heterocycles. The summed E-state index contributed by atoms with van der Waals surface area (Å²) in [6.07, 6.45) is 4.19. The topological polar surface area (TPSA) is 99.8 Å². The van der Waals surface area contributed by atoms with Crippen molar-refractivity contribution >= 4 is 23.2 Å². The van der Waals surface area contributed by atoms with E-state index < -0.39 is 0 Å². The maximum atomic E-state index is 12.7. The van der Waals surface area contributed by atoms with E-state index in [0.29, 0.717) is 28.7 Å². The van der Waals surface area contributed by atoms with Gasteiger partial charge in [0.15, 0.2) is 5.82 Å². The third kappa shape index (κ3) is 4.03. The monoisotopic (exact) mass is 387 g/mol. The van der Waals surface area contributed by atoms with Crippen LogP contribution in [0.4, 0.5) is 11.4 Å². The number of hydrogen-bond donors (Lipinski definition) is 3. The van der Waals surface area contributed by atoms with Crippen molar-refractivity contribution in [2.24, 2.45) is 5.92 Å². The predicted molar refractivity (Wildman–Crippen MR) is 110 cm³/mol. The molecule has 2 fully saturated rings. The van der Waals surface area contributed by atoms with Crippen molar-refractivity contribution in [2.75, 3.05) is 10.6 Å². The molecule has 1 aromatic heterocycles. The molecule has 7 heteroatoms. The zero-order valence-electron chi connectivity index (χ0n) is 15.8. The molecule has 146 valence electrons. The van der Waals surface area contributed by atoms with Crippen molar-refractivity contribution in [2.45, 2.75) is 31.6 Å². The molecule has 2 aliphatic rings. The van der Waals surface area contributed by atoms with Crippen molar-refractivity contribution < 1.29 is 9.59 Å². The number of carbonyl (C=O) groups is 2. The van der Waals surface area contributed by atoms with E-state index in [0.717, 1.165) is 37.1 Å². The van der Waals surface area contributed by atoms with E-state index >= 15 is 0 Å². The van der Waals surface area contributed by atoms with Gasteiger partial charge < -0.3 is 10.6 Å². The number of hydrogen-bond acceptors (Lipinski definition) is 4. The number of nitrogens with one attached hydrogen (secondary N) is 3. The molecule has 0 spiro atoms. The Labute approximate surface area is 167 Å². The van der Waals surface area contributed by atoms with Crippen LogP contribution in [-0.4, -0.2) is 27.0 Å². The molecule has 2 aromatic carbocycles. The van der Waals surface area contributed by atoms with Crippen LogP contribution in [0.15, 0.2) is 48.5 Å². The molecular formula is C22H21N5O2. The zero-order valence-corrected chi connectivity index (χ0v) is 15.8. The lowest BCUT2D eigenvalue weighted by Gasteiger charge is -2.09. The molecule has 29 heavy (non-hydrogen) atoms. The first-order valence-electron chi connectivity index (χ1n) is 9.91. The molecule has 0 saturated heterocycles. The van der Waals surface area contributed by atoms with Crippen LogP contribution in [-0.2, 0) is 4.79 Å². The number of nitrogens with zero attached hydrogens (tertiary/aromatic N) is 2. The molecule has 2 saturated carbocycles. The fraction of sp³-hybridized carbons (Fsp3) is 0.273. The lowest BCUT2D eigenvalue weighted by atomic mass is 10.1. The minimum Gasteiger partial charge on any atom is -0.326 e. The molecule has 0 atom stereocenters. The summed E-state index contributed by atoms with van der Waals surface area (Å²) in [5.74, 6) is 1.97. The third-order valence-corrected chi connectivity index (χ3v) is 5.19. The van der Waals surface area contributed by atoms with Crippen LogP contribution in [0, 0.1) is 5.92 Å². The molecule has 2 aliphatic carbocycles. The number of anilines is 2. The molecule has 3 N–H and O–H groups in total. The molecule has 5 rings (SSSR count). The second-order valence-electron chi connectivity index (χ2n) is 7.70. The second-order valence-corrected chi connectivity index (χ2v) is 7.70. The minimum absolute atomic E-state index is 0.0207. The van der Waals surface area contributed by atoms with E-state index in [4.69, 9.17) is 0 Å². The van der Waals surface area contributed by atoms with E-state index in [2.05, 4.69) is 25.8 Å². The van der Waals surface area contributed by atoms with Crippen molar-refractivity contribution in [1.29, 1.82) is 0 Å². The summed E-state index contributed by atoms with van der Waals surface area (Å²) in [6.45, 7) is 0. The van der Waals surface area contributed by atoms with Gasteiger partial charge in [0.1, 0.15) is 5.82 Å². The van der Waals surface area contributed by atoms with Gasteiger partial charge in [0.05, 0.1) is 0 Å². The average Bonchev–Trinajstić information content (AvgIpc) is 3.66. The molecular weight excluding hydrogens is 366 g/mol. The average molecular weight is 387 g/mol. The van der Waals surface area contributed by atoms with Crippen molar-refractivity contribution in [3.63, 3.8) is 0 Å². The van der Waals surface area contributed by atoms with Crippen LogP contribution in [0.2, 0.25) is 0 Å². The first-order valence-corrected chi connectivity index (χ1v) is 9.91. The molecule has 1 heterocycles. The van der Waals surface area contributed by atoms with Crippen LogP contribution >= 0.6 is 0 Å². The number of aromatic amines is 1. The predicted octanol–water partition coefficient (Wildman–Crippen LogP) is 3.95. The van der Waals surface area contributed by atoms with E-state index in [1.807, 2.05) is 24.3 Å². The van der Waals surface area contributed by atoms with Crippen LogP contribution in [0.1, 0.15) is 47.8 Å². The summed E-state index contributed by atoms with van der Waals surface area (Å²) in [5, 5.41) is 13.1. The number of benzene rings is 2. The Hall–Kier alpha value is -3.48. The van der Waals surface area contributed by atoms with Gasteiger partial charge in [-0.15, -0.1) is 0 Å². The summed E-state index contributed by atoms with van der Waals surface area (Å²) >= 11 is 0. The number of carbonyl (C=O) groups excluding carboxylic acids is 2. The highest BCUT2D eigenvalue weighted by atomic mass is 16.2. The van der Waals surface area contributed by atoms with Gasteiger partial charge in [-0.1, -0.05) is 18.2 Å². The normalized spacial score (nSPS) is 15.7. The van der Waals surface area contributed by atoms with Gasteiger partial charge in [-0.05, 0) is 56.0 Å². The largest absolute Gasteiger partial charge is 0.326 e. The lowest BCUT2D eigenvalue weighted by molar-refractivity contribution is -0.117. The van der Waals surface area contributed by atoms with E-state index in [9.17, 15) is 9.59 Å². The van der Waals surface area contributed by atoms with Crippen LogP contribution in [0.5, 0.6) is 0 Å². The van der Waals surface area contributed by atoms with Crippen molar-refractivity contribution in [1.82, 2.24) is 15.2 Å². The fourth-order valence-electron chi connectivity index (χ4n) is 3.21. The van der Waals surface area contributed by atoms with Gasteiger partial charge in [-0.2, -0.15) is 5.10 Å². The number of H-pyrrole nitrogens is 1. The molecule has 0 unspecified atom stereocenters. The summed E-state index contributed by atoms with van der Waals surface area (Å²) in [6, 6.07) is 14.4. The van der Waals surface area contributed by atoms with Gasteiger partial charge in [0.25, 0.3) is 5.91 Å². The Bertz CT molecular complexity index is 1080. The maximum Gasteiger partial charge on any atom is 0.255 e. The fourth-order valence-corrected chi connectivity index (χ4v) is 3.21. The highest BCUT2D eigenvalue weighted by Crippen LogP contribution is 2.38. The zero-order chi connectivity index (χ0) is 19.8. The van der Waals surface area contributed by atoms with E-state index in [-0.39, 0.29) is 17.7 Å². The summed E-state index contributed by atoms with van der Waals surface area (Å²) in [4.78, 5) is 29.2. The van der Waals surface area contributed by atoms with Gasteiger partial charge in [0, 0.05) is 34.3 Å². The molecule has 0 radical (unpaired) electrons. The summed E-state index contributed by atoms with van der Waals surface area (Å²) in [7, 11) is 0. The SMILES string of the molecule is O=C(Nc1cccc(-c2n[nH]c(C3CC3)n2)c1)c1cccc(NC(=O)C2CC2)c1. The van der Waals surface area contributed by atoms with E-state index in [1.165, 1.54) is 0 Å². The third-order valence-electron chi connectivity index (χ3n) is 5.19. The smallest absolute Gasteiger partial charge is 0.255 e. The Morgan fingerprint density at radius 3 is 2.45 bits per heavy atom. The standard InChI is InChI=1S/C22H21N5O2/c28-21(14-9-10-14)23-18-6-2-4-16(12-18)22(29)24-17-5-1-3-15(11-17)20-25-19(26-27-20)13-7-8-13/h1-6,11-14H,7-10H2,(H,23,28)(H,24,29)(H,25,26,27). The quantitative estimate of drug-likeness (QED) is 0.596. The molecule has 7 nitrogen and oxygen atoms in total. The Kier molecular flexibility index (Phi) is 4.35. The number of amides is 2. The Morgan fingerprint density at radius 1 is 0.931 bits per heavy atom. The summed E-state index contributed by atoms with van der Waals surface area (Å²) < 4.78 is 0. The van der Waals surface area contributed by atoms with Gasteiger partial charge >= 0.3 is 0 Å². The highest BCUT2D eigenvalue weighted by Gasteiger charge is 2.29. The second kappa shape index (κ2) is 7.16. The minimum atomic E-state index is -0.238.